The van der Waals surface area contributed by atoms with Gasteiger partial charge in [-0.2, -0.15) is 11.8 Å². The third-order valence-corrected chi connectivity index (χ3v) is 5.01. The molecule has 1 aliphatic rings. The largest absolute Gasteiger partial charge is 0.351 e. The number of rotatable bonds is 7. The lowest BCUT2D eigenvalue weighted by atomic mass is 10.1. The van der Waals surface area contributed by atoms with Gasteiger partial charge in [-0.15, -0.1) is 0 Å². The van der Waals surface area contributed by atoms with E-state index in [1.54, 1.807) is 18.0 Å². The molecule has 1 fully saturated rings. The van der Waals surface area contributed by atoms with Gasteiger partial charge in [-0.25, -0.2) is 4.98 Å². The first-order valence-electron chi connectivity index (χ1n) is 7.66. The second-order valence-corrected chi connectivity index (χ2v) is 6.74. The summed E-state index contributed by atoms with van der Waals surface area (Å²) < 4.78 is 2.04. The number of nitrogens with one attached hydrogen (secondary N) is 1. The SMILES string of the molecule is Cc1nccn1-c1ccccc1CNC(=O)CSCC1CC1. The van der Waals surface area contributed by atoms with Gasteiger partial charge >= 0.3 is 0 Å². The topological polar surface area (TPSA) is 46.9 Å². The van der Waals surface area contributed by atoms with Gasteiger partial charge in [-0.05, 0) is 43.1 Å². The first-order valence-corrected chi connectivity index (χ1v) is 8.82. The number of amides is 1. The van der Waals surface area contributed by atoms with Crippen LogP contribution >= 0.6 is 11.8 Å². The highest BCUT2D eigenvalue weighted by atomic mass is 32.2. The van der Waals surface area contributed by atoms with Crippen molar-refractivity contribution in [2.24, 2.45) is 5.92 Å². The molecular weight excluding hydrogens is 294 g/mol. The molecule has 22 heavy (non-hydrogen) atoms. The van der Waals surface area contributed by atoms with Crippen molar-refractivity contribution in [3.63, 3.8) is 0 Å². The molecular formula is C17H21N3OS. The van der Waals surface area contributed by atoms with Crippen molar-refractivity contribution in [1.29, 1.82) is 0 Å². The molecule has 1 aromatic heterocycles. The van der Waals surface area contributed by atoms with Crippen LogP contribution in [-0.2, 0) is 11.3 Å². The maximum atomic E-state index is 11.9. The van der Waals surface area contributed by atoms with Crippen LogP contribution in [0.3, 0.4) is 0 Å². The standard InChI is InChI=1S/C17H21N3OS/c1-13-18-8-9-20(13)16-5-3-2-4-15(16)10-19-17(21)12-22-11-14-6-7-14/h2-5,8-9,14H,6-7,10-12H2,1H3,(H,19,21). The molecule has 116 valence electrons. The number of carbonyl (C=O) groups is 1. The highest BCUT2D eigenvalue weighted by Gasteiger charge is 2.21. The molecule has 0 aliphatic heterocycles. The van der Waals surface area contributed by atoms with Crippen LogP contribution in [-0.4, -0.2) is 27.0 Å². The van der Waals surface area contributed by atoms with E-state index in [9.17, 15) is 4.79 Å². The first kappa shape index (κ1) is 15.2. The highest BCUT2D eigenvalue weighted by Crippen LogP contribution is 2.32. The normalized spacial score (nSPS) is 14.0. The summed E-state index contributed by atoms with van der Waals surface area (Å²) in [5, 5.41) is 3.02. The van der Waals surface area contributed by atoms with Gasteiger partial charge in [0.2, 0.25) is 5.91 Å². The molecule has 1 aliphatic carbocycles. The summed E-state index contributed by atoms with van der Waals surface area (Å²) in [4.78, 5) is 16.2. The predicted molar refractivity (Wildman–Crippen MR) is 90.2 cm³/mol. The van der Waals surface area contributed by atoms with Crippen LogP contribution in [0.2, 0.25) is 0 Å². The quantitative estimate of drug-likeness (QED) is 0.854. The molecule has 1 N–H and O–H groups in total. The first-order chi connectivity index (χ1) is 10.7. The van der Waals surface area contributed by atoms with E-state index in [-0.39, 0.29) is 5.91 Å². The number of benzene rings is 1. The smallest absolute Gasteiger partial charge is 0.230 e. The summed E-state index contributed by atoms with van der Waals surface area (Å²) in [6.45, 7) is 2.53. The van der Waals surface area contributed by atoms with E-state index < -0.39 is 0 Å². The summed E-state index contributed by atoms with van der Waals surface area (Å²) in [5.74, 6) is 3.60. The maximum Gasteiger partial charge on any atom is 0.230 e. The van der Waals surface area contributed by atoms with E-state index in [1.807, 2.05) is 35.9 Å². The molecule has 0 atom stereocenters. The molecule has 1 heterocycles. The average molecular weight is 315 g/mol. The molecule has 1 saturated carbocycles. The number of para-hydroxylation sites is 1. The van der Waals surface area contributed by atoms with Crippen molar-refractivity contribution < 1.29 is 4.79 Å². The number of thioether (sulfide) groups is 1. The lowest BCUT2D eigenvalue weighted by Crippen LogP contribution is -2.25. The van der Waals surface area contributed by atoms with Crippen molar-refractivity contribution in [3.05, 3.63) is 48.0 Å². The number of imidazole rings is 1. The molecule has 0 saturated heterocycles. The van der Waals surface area contributed by atoms with Crippen LogP contribution in [0.5, 0.6) is 0 Å². The van der Waals surface area contributed by atoms with E-state index in [2.05, 4.69) is 16.4 Å². The van der Waals surface area contributed by atoms with E-state index in [1.165, 1.54) is 12.8 Å². The number of aromatic nitrogens is 2. The van der Waals surface area contributed by atoms with Crippen molar-refractivity contribution in [2.45, 2.75) is 26.3 Å². The molecule has 1 aromatic carbocycles. The second kappa shape index (κ2) is 7.01. The zero-order chi connectivity index (χ0) is 15.4. The Morgan fingerprint density at radius 1 is 1.41 bits per heavy atom. The fraction of sp³-hybridized carbons (Fsp3) is 0.412. The van der Waals surface area contributed by atoms with Gasteiger partial charge in [0.05, 0.1) is 11.4 Å². The minimum Gasteiger partial charge on any atom is -0.351 e. The molecule has 5 heteroatoms. The van der Waals surface area contributed by atoms with Gasteiger partial charge < -0.3 is 9.88 Å². The van der Waals surface area contributed by atoms with Crippen LogP contribution in [0.1, 0.15) is 24.2 Å². The Morgan fingerprint density at radius 2 is 2.23 bits per heavy atom. The lowest BCUT2D eigenvalue weighted by Gasteiger charge is -2.12. The van der Waals surface area contributed by atoms with Crippen molar-refractivity contribution in [3.8, 4) is 5.69 Å². The average Bonchev–Trinajstić information content (AvgIpc) is 3.25. The third kappa shape index (κ3) is 3.91. The molecule has 0 bridgehead atoms. The molecule has 0 spiro atoms. The Bertz CT molecular complexity index is 649. The lowest BCUT2D eigenvalue weighted by molar-refractivity contribution is -0.118. The summed E-state index contributed by atoms with van der Waals surface area (Å²) in [7, 11) is 0. The molecule has 1 amide bonds. The Kier molecular flexibility index (Phi) is 4.83. The molecule has 0 radical (unpaired) electrons. The number of hydrogen-bond donors (Lipinski definition) is 1. The highest BCUT2D eigenvalue weighted by molar-refractivity contribution is 7.99. The Hall–Kier alpha value is -1.75. The van der Waals surface area contributed by atoms with Gasteiger partial charge in [0.25, 0.3) is 0 Å². The molecule has 0 unspecified atom stereocenters. The number of carbonyl (C=O) groups excluding carboxylic acids is 1. The summed E-state index contributed by atoms with van der Waals surface area (Å²) >= 11 is 1.74. The Morgan fingerprint density at radius 3 is 2.95 bits per heavy atom. The monoisotopic (exact) mass is 315 g/mol. The van der Waals surface area contributed by atoms with Gasteiger partial charge in [-0.3, -0.25) is 4.79 Å². The van der Waals surface area contributed by atoms with E-state index in [4.69, 9.17) is 0 Å². The minimum atomic E-state index is 0.114. The van der Waals surface area contributed by atoms with Crippen LogP contribution < -0.4 is 5.32 Å². The molecule has 2 aromatic rings. The van der Waals surface area contributed by atoms with Crippen molar-refractivity contribution in [1.82, 2.24) is 14.9 Å². The zero-order valence-corrected chi connectivity index (χ0v) is 13.6. The summed E-state index contributed by atoms with van der Waals surface area (Å²) in [5.41, 5.74) is 2.17. The second-order valence-electron chi connectivity index (χ2n) is 5.71. The zero-order valence-electron chi connectivity index (χ0n) is 12.8. The Labute approximate surface area is 135 Å². The minimum absolute atomic E-state index is 0.114. The number of aryl methyl sites for hydroxylation is 1. The van der Waals surface area contributed by atoms with Crippen LogP contribution in [0.15, 0.2) is 36.7 Å². The summed E-state index contributed by atoms with van der Waals surface area (Å²) in [6.07, 6.45) is 6.42. The fourth-order valence-electron chi connectivity index (χ4n) is 2.38. The van der Waals surface area contributed by atoms with E-state index in [0.29, 0.717) is 12.3 Å². The fourth-order valence-corrected chi connectivity index (χ4v) is 3.45. The van der Waals surface area contributed by atoms with Crippen molar-refractivity contribution >= 4 is 17.7 Å². The molecule has 3 rings (SSSR count). The Balaban J connectivity index is 1.58. The van der Waals surface area contributed by atoms with Crippen molar-refractivity contribution in [2.75, 3.05) is 11.5 Å². The van der Waals surface area contributed by atoms with Crippen LogP contribution in [0, 0.1) is 12.8 Å². The van der Waals surface area contributed by atoms with E-state index >= 15 is 0 Å². The number of nitrogens with zero attached hydrogens (tertiary/aromatic N) is 2. The number of hydrogen-bond acceptors (Lipinski definition) is 3. The maximum absolute atomic E-state index is 11.9. The van der Waals surface area contributed by atoms with Gasteiger partial charge in [0.1, 0.15) is 5.82 Å². The van der Waals surface area contributed by atoms with Gasteiger partial charge in [0.15, 0.2) is 0 Å². The van der Waals surface area contributed by atoms with Crippen LogP contribution in [0.4, 0.5) is 0 Å². The third-order valence-electron chi connectivity index (χ3n) is 3.84. The van der Waals surface area contributed by atoms with Gasteiger partial charge in [-0.1, -0.05) is 18.2 Å². The van der Waals surface area contributed by atoms with E-state index in [0.717, 1.165) is 28.7 Å². The summed E-state index contributed by atoms with van der Waals surface area (Å²) in [6, 6.07) is 8.11. The van der Waals surface area contributed by atoms with Crippen LogP contribution in [0.25, 0.3) is 5.69 Å². The van der Waals surface area contributed by atoms with Gasteiger partial charge in [0, 0.05) is 18.9 Å². The predicted octanol–water partition coefficient (Wildman–Crippen LogP) is 2.94. The molecule has 4 nitrogen and oxygen atoms in total.